The monoisotopic (exact) mass is 318 g/mol. The second kappa shape index (κ2) is 8.13. The zero-order valence-electron chi connectivity index (χ0n) is 14.1. The van der Waals surface area contributed by atoms with E-state index in [1.165, 1.54) is 0 Å². The third kappa shape index (κ3) is 5.08. The van der Waals surface area contributed by atoms with Gasteiger partial charge in [-0.3, -0.25) is 4.79 Å². The Kier molecular flexibility index (Phi) is 6.19. The molecule has 3 N–H and O–H groups in total. The van der Waals surface area contributed by atoms with Crippen molar-refractivity contribution in [3.05, 3.63) is 30.0 Å². The minimum atomic E-state index is -0.688. The van der Waals surface area contributed by atoms with Crippen LogP contribution in [0.4, 0.5) is 5.69 Å². The van der Waals surface area contributed by atoms with Crippen LogP contribution in [-0.4, -0.2) is 23.6 Å². The number of anilines is 1. The molecule has 0 bridgehead atoms. The first-order valence-corrected chi connectivity index (χ1v) is 8.24. The highest BCUT2D eigenvalue weighted by atomic mass is 16.4. The van der Waals surface area contributed by atoms with Crippen molar-refractivity contribution in [2.45, 2.75) is 52.2 Å². The molecule has 2 aromatic rings. The molecule has 0 saturated carbocycles. The van der Waals surface area contributed by atoms with Crippen LogP contribution in [0.2, 0.25) is 0 Å². The van der Waals surface area contributed by atoms with Gasteiger partial charge < -0.3 is 20.2 Å². The average Bonchev–Trinajstić information content (AvgIpc) is 2.93. The van der Waals surface area contributed by atoms with Crippen LogP contribution < -0.4 is 10.6 Å². The number of nitrogens with one attached hydrogen (secondary N) is 2. The number of carbonyl (C=O) groups excluding carboxylic acids is 1. The molecule has 5 nitrogen and oxygen atoms in total. The summed E-state index contributed by atoms with van der Waals surface area (Å²) in [5.74, 6) is 0.554. The molecule has 1 heterocycles. The Balaban J connectivity index is 2.06. The molecule has 0 spiro atoms. The fourth-order valence-electron chi connectivity index (χ4n) is 2.31. The zero-order chi connectivity index (χ0) is 16.8. The van der Waals surface area contributed by atoms with E-state index in [2.05, 4.69) is 17.6 Å². The molecule has 23 heavy (non-hydrogen) atoms. The van der Waals surface area contributed by atoms with Gasteiger partial charge in [0.2, 0.25) is 5.91 Å². The van der Waals surface area contributed by atoms with Gasteiger partial charge in [0.05, 0.1) is 0 Å². The maximum absolute atomic E-state index is 11.8. The van der Waals surface area contributed by atoms with E-state index >= 15 is 0 Å². The van der Waals surface area contributed by atoms with Crippen LogP contribution in [0.15, 0.2) is 28.7 Å². The van der Waals surface area contributed by atoms with Crippen molar-refractivity contribution >= 4 is 22.6 Å². The van der Waals surface area contributed by atoms with Crippen molar-refractivity contribution < 1.29 is 14.3 Å². The van der Waals surface area contributed by atoms with E-state index in [1.54, 1.807) is 0 Å². The summed E-state index contributed by atoms with van der Waals surface area (Å²) in [6, 6.07) is 7.63. The molecule has 0 fully saturated rings. The predicted octanol–water partition coefficient (Wildman–Crippen LogP) is 3.59. The number of hydrogen-bond donors (Lipinski definition) is 3. The molecule has 1 atom stereocenters. The molecular weight excluding hydrogens is 292 g/mol. The van der Waals surface area contributed by atoms with Crippen molar-refractivity contribution in [2.75, 3.05) is 11.9 Å². The number of aliphatic hydroxyl groups excluding tert-OH is 1. The molecular formula is C18H26N2O3. The summed E-state index contributed by atoms with van der Waals surface area (Å²) in [4.78, 5) is 11.8. The number of unbranched alkanes of at least 4 members (excludes halogenated alkanes) is 1. The largest absolute Gasteiger partial charge is 0.458 e. The summed E-state index contributed by atoms with van der Waals surface area (Å²) in [6.07, 6.45) is 1.73. The van der Waals surface area contributed by atoms with Gasteiger partial charge in [-0.05, 0) is 30.7 Å². The summed E-state index contributed by atoms with van der Waals surface area (Å²) in [6.45, 7) is 6.56. The molecule has 0 aliphatic carbocycles. The zero-order valence-corrected chi connectivity index (χ0v) is 14.1. The van der Waals surface area contributed by atoms with Gasteiger partial charge in [0, 0.05) is 30.1 Å². The first-order chi connectivity index (χ1) is 11.0. The maximum Gasteiger partial charge on any atom is 0.224 e. The third-order valence-electron chi connectivity index (χ3n) is 3.62. The van der Waals surface area contributed by atoms with Gasteiger partial charge in [0.15, 0.2) is 0 Å². The van der Waals surface area contributed by atoms with Crippen molar-refractivity contribution in [1.82, 2.24) is 5.32 Å². The molecule has 1 aromatic carbocycles. The van der Waals surface area contributed by atoms with Crippen molar-refractivity contribution in [1.29, 1.82) is 0 Å². The predicted molar refractivity (Wildman–Crippen MR) is 92.5 cm³/mol. The molecule has 1 amide bonds. The number of hydrogen-bond acceptors (Lipinski definition) is 4. The number of amides is 1. The SMILES string of the molecule is CCCCC(=O)Nc1ccc2oc(C(O)CNC(C)C)cc2c1. The first kappa shape index (κ1) is 17.5. The van der Waals surface area contributed by atoms with Crippen molar-refractivity contribution in [3.63, 3.8) is 0 Å². The van der Waals surface area contributed by atoms with E-state index in [0.29, 0.717) is 30.4 Å². The molecule has 126 valence electrons. The molecule has 0 saturated heterocycles. The third-order valence-corrected chi connectivity index (χ3v) is 3.62. The summed E-state index contributed by atoms with van der Waals surface area (Å²) in [5.41, 5.74) is 1.45. The van der Waals surface area contributed by atoms with Crippen LogP contribution in [-0.2, 0) is 4.79 Å². The van der Waals surface area contributed by atoms with Crippen molar-refractivity contribution in [3.8, 4) is 0 Å². The van der Waals surface area contributed by atoms with E-state index in [1.807, 2.05) is 38.1 Å². The summed E-state index contributed by atoms with van der Waals surface area (Å²) in [7, 11) is 0. The van der Waals surface area contributed by atoms with Gasteiger partial charge in [-0.25, -0.2) is 0 Å². The lowest BCUT2D eigenvalue weighted by Gasteiger charge is -2.11. The van der Waals surface area contributed by atoms with Crippen molar-refractivity contribution in [2.24, 2.45) is 0 Å². The topological polar surface area (TPSA) is 74.5 Å². The lowest BCUT2D eigenvalue weighted by molar-refractivity contribution is -0.116. The smallest absolute Gasteiger partial charge is 0.224 e. The summed E-state index contributed by atoms with van der Waals surface area (Å²) in [5, 5.41) is 17.1. The number of aliphatic hydroxyl groups is 1. The van der Waals surface area contributed by atoms with E-state index in [-0.39, 0.29) is 5.91 Å². The quantitative estimate of drug-likeness (QED) is 0.695. The molecule has 2 rings (SSSR count). The van der Waals surface area contributed by atoms with Crippen LogP contribution in [0.3, 0.4) is 0 Å². The van der Waals surface area contributed by atoms with Crippen LogP contribution in [0.1, 0.15) is 51.9 Å². The Morgan fingerprint density at radius 2 is 2.09 bits per heavy atom. The summed E-state index contributed by atoms with van der Waals surface area (Å²) < 4.78 is 5.68. The molecule has 5 heteroatoms. The molecule has 1 unspecified atom stereocenters. The van der Waals surface area contributed by atoms with E-state index in [0.717, 1.165) is 23.9 Å². The van der Waals surface area contributed by atoms with Crippen LogP contribution in [0.25, 0.3) is 11.0 Å². The van der Waals surface area contributed by atoms with Gasteiger partial charge in [-0.15, -0.1) is 0 Å². The highest BCUT2D eigenvalue weighted by Gasteiger charge is 2.14. The highest BCUT2D eigenvalue weighted by Crippen LogP contribution is 2.26. The van der Waals surface area contributed by atoms with Gasteiger partial charge in [0.25, 0.3) is 0 Å². The molecule has 0 aliphatic heterocycles. The minimum absolute atomic E-state index is 0.0242. The van der Waals surface area contributed by atoms with Crippen LogP contribution >= 0.6 is 0 Å². The van der Waals surface area contributed by atoms with Crippen LogP contribution in [0, 0.1) is 0 Å². The Morgan fingerprint density at radius 1 is 1.30 bits per heavy atom. The molecule has 0 radical (unpaired) electrons. The number of rotatable bonds is 8. The summed E-state index contributed by atoms with van der Waals surface area (Å²) >= 11 is 0. The number of fused-ring (bicyclic) bond motifs is 1. The van der Waals surface area contributed by atoms with E-state index in [9.17, 15) is 9.90 Å². The molecule has 1 aromatic heterocycles. The molecule has 0 aliphatic rings. The minimum Gasteiger partial charge on any atom is -0.458 e. The van der Waals surface area contributed by atoms with Crippen LogP contribution in [0.5, 0.6) is 0 Å². The second-order valence-corrected chi connectivity index (χ2v) is 6.13. The lowest BCUT2D eigenvalue weighted by Crippen LogP contribution is -2.27. The fourth-order valence-corrected chi connectivity index (χ4v) is 2.31. The highest BCUT2D eigenvalue weighted by molar-refractivity contribution is 5.93. The van der Waals surface area contributed by atoms with Gasteiger partial charge in [-0.2, -0.15) is 0 Å². The Morgan fingerprint density at radius 3 is 2.78 bits per heavy atom. The second-order valence-electron chi connectivity index (χ2n) is 6.13. The van der Waals surface area contributed by atoms with Gasteiger partial charge >= 0.3 is 0 Å². The van der Waals surface area contributed by atoms with E-state index < -0.39 is 6.10 Å². The fraction of sp³-hybridized carbons (Fsp3) is 0.500. The number of benzene rings is 1. The average molecular weight is 318 g/mol. The van der Waals surface area contributed by atoms with Gasteiger partial charge in [-0.1, -0.05) is 27.2 Å². The Hall–Kier alpha value is -1.85. The lowest BCUT2D eigenvalue weighted by atomic mass is 10.2. The standard InChI is InChI=1S/C18H26N2O3/c1-4-5-6-18(22)20-14-7-8-16-13(9-14)10-17(23-16)15(21)11-19-12(2)3/h7-10,12,15,19,21H,4-6,11H2,1-3H3,(H,20,22). The normalized spacial score (nSPS) is 12.7. The van der Waals surface area contributed by atoms with E-state index in [4.69, 9.17) is 4.42 Å². The Labute approximate surface area is 137 Å². The number of furan rings is 1. The Bertz CT molecular complexity index is 649. The first-order valence-electron chi connectivity index (χ1n) is 8.24. The van der Waals surface area contributed by atoms with Gasteiger partial charge in [0.1, 0.15) is 17.4 Å². The maximum atomic E-state index is 11.8. The number of carbonyl (C=O) groups is 1.